The van der Waals surface area contributed by atoms with Crippen LogP contribution in [0.2, 0.25) is 0 Å². The third kappa shape index (κ3) is 3.53. The Hall–Kier alpha value is -1.06. The number of aliphatic hydroxyl groups excluding tert-OH is 1. The first-order chi connectivity index (χ1) is 7.17. The van der Waals surface area contributed by atoms with Gasteiger partial charge in [-0.05, 0) is 31.0 Å². The monoisotopic (exact) mass is 209 g/mol. The summed E-state index contributed by atoms with van der Waals surface area (Å²) in [5.74, 6) is 0.278. The molecule has 0 saturated carbocycles. The molecule has 1 unspecified atom stereocenters. The lowest BCUT2D eigenvalue weighted by Gasteiger charge is -2.20. The van der Waals surface area contributed by atoms with E-state index in [9.17, 15) is 0 Å². The van der Waals surface area contributed by atoms with Crippen molar-refractivity contribution in [2.75, 3.05) is 6.61 Å². The first-order valence-electron chi connectivity index (χ1n) is 5.33. The summed E-state index contributed by atoms with van der Waals surface area (Å²) >= 11 is 0. The molecule has 0 bridgehead atoms. The Morgan fingerprint density at radius 2 is 1.87 bits per heavy atom. The fourth-order valence-corrected chi connectivity index (χ4v) is 1.51. The number of hydrogen-bond donors (Lipinski definition) is 3. The van der Waals surface area contributed by atoms with Gasteiger partial charge in [-0.25, -0.2) is 0 Å². The molecule has 0 heterocycles. The van der Waals surface area contributed by atoms with Crippen molar-refractivity contribution in [3.05, 3.63) is 29.8 Å². The van der Waals surface area contributed by atoms with E-state index in [0.29, 0.717) is 0 Å². The van der Waals surface area contributed by atoms with Crippen molar-refractivity contribution in [2.24, 2.45) is 0 Å². The van der Waals surface area contributed by atoms with E-state index in [1.807, 2.05) is 26.0 Å². The summed E-state index contributed by atoms with van der Waals surface area (Å²) in [4.78, 5) is 0. The van der Waals surface area contributed by atoms with E-state index in [1.165, 1.54) is 0 Å². The molecule has 3 nitrogen and oxygen atoms in total. The third-order valence-electron chi connectivity index (χ3n) is 2.59. The van der Waals surface area contributed by atoms with E-state index in [4.69, 9.17) is 10.2 Å². The van der Waals surface area contributed by atoms with Crippen LogP contribution in [-0.4, -0.2) is 22.9 Å². The molecule has 0 amide bonds. The average molecular weight is 209 g/mol. The molecule has 0 aliphatic carbocycles. The summed E-state index contributed by atoms with van der Waals surface area (Å²) in [6.07, 6.45) is 0.902. The normalized spacial score (nSPS) is 14.9. The van der Waals surface area contributed by atoms with Crippen LogP contribution in [0.4, 0.5) is 0 Å². The zero-order chi connectivity index (χ0) is 11.3. The number of aromatic hydroxyl groups is 1. The number of phenolic OH excluding ortho intramolecular Hbond substituents is 1. The predicted molar refractivity (Wildman–Crippen MR) is 60.8 cm³/mol. The number of benzene rings is 1. The highest BCUT2D eigenvalue weighted by atomic mass is 16.3. The Labute approximate surface area is 90.8 Å². The van der Waals surface area contributed by atoms with Gasteiger partial charge in [0, 0.05) is 12.1 Å². The van der Waals surface area contributed by atoms with Crippen LogP contribution in [0.5, 0.6) is 5.75 Å². The fourth-order valence-electron chi connectivity index (χ4n) is 1.51. The third-order valence-corrected chi connectivity index (χ3v) is 2.59. The van der Waals surface area contributed by atoms with Crippen molar-refractivity contribution in [2.45, 2.75) is 32.4 Å². The SMILES string of the molecule is CC[C@@H](CO)NC(C)c1ccc(O)cc1. The maximum absolute atomic E-state index is 9.15. The van der Waals surface area contributed by atoms with E-state index in [-0.39, 0.29) is 24.4 Å². The second-order valence-corrected chi connectivity index (χ2v) is 3.77. The molecule has 15 heavy (non-hydrogen) atoms. The molecule has 1 aromatic carbocycles. The molecule has 3 N–H and O–H groups in total. The molecule has 1 rings (SSSR count). The first kappa shape index (κ1) is 12.0. The average Bonchev–Trinajstić information content (AvgIpc) is 2.26. The Kier molecular flexibility index (Phi) is 4.59. The molecule has 1 aromatic rings. The summed E-state index contributed by atoms with van der Waals surface area (Å²) in [6.45, 7) is 4.24. The number of hydrogen-bond acceptors (Lipinski definition) is 3. The summed E-state index contributed by atoms with van der Waals surface area (Å²) < 4.78 is 0. The van der Waals surface area contributed by atoms with Gasteiger partial charge in [0.2, 0.25) is 0 Å². The van der Waals surface area contributed by atoms with Gasteiger partial charge in [-0.15, -0.1) is 0 Å². The lowest BCUT2D eigenvalue weighted by atomic mass is 10.1. The predicted octanol–water partition coefficient (Wildman–Crippen LogP) is 1.81. The highest BCUT2D eigenvalue weighted by Crippen LogP contribution is 2.17. The zero-order valence-corrected chi connectivity index (χ0v) is 9.27. The van der Waals surface area contributed by atoms with E-state index in [1.54, 1.807) is 12.1 Å². The van der Waals surface area contributed by atoms with Crippen molar-refractivity contribution in [3.63, 3.8) is 0 Å². The quantitative estimate of drug-likeness (QED) is 0.693. The van der Waals surface area contributed by atoms with Crippen LogP contribution in [0.1, 0.15) is 31.9 Å². The van der Waals surface area contributed by atoms with Crippen molar-refractivity contribution >= 4 is 0 Å². The molecule has 2 atom stereocenters. The molecule has 0 aromatic heterocycles. The van der Waals surface area contributed by atoms with Crippen LogP contribution >= 0.6 is 0 Å². The topological polar surface area (TPSA) is 52.5 Å². The van der Waals surface area contributed by atoms with E-state index in [2.05, 4.69) is 5.32 Å². The maximum Gasteiger partial charge on any atom is 0.115 e. The lowest BCUT2D eigenvalue weighted by molar-refractivity contribution is 0.230. The summed E-state index contributed by atoms with van der Waals surface area (Å²) in [6, 6.07) is 7.44. The number of phenols is 1. The molecule has 0 spiro atoms. The second kappa shape index (κ2) is 5.73. The molecular formula is C12H19NO2. The Morgan fingerprint density at radius 1 is 1.27 bits per heavy atom. The van der Waals surface area contributed by atoms with Crippen molar-refractivity contribution in [3.8, 4) is 5.75 Å². The Bertz CT molecular complexity index is 280. The van der Waals surface area contributed by atoms with Crippen molar-refractivity contribution in [1.82, 2.24) is 5.32 Å². The smallest absolute Gasteiger partial charge is 0.115 e. The van der Waals surface area contributed by atoms with Gasteiger partial charge in [-0.3, -0.25) is 0 Å². The molecular weight excluding hydrogens is 190 g/mol. The Balaban J connectivity index is 2.60. The minimum atomic E-state index is 0.133. The molecule has 0 saturated heterocycles. The van der Waals surface area contributed by atoms with Crippen LogP contribution in [0, 0.1) is 0 Å². The van der Waals surface area contributed by atoms with Crippen LogP contribution in [0.25, 0.3) is 0 Å². The Morgan fingerprint density at radius 3 is 2.33 bits per heavy atom. The molecule has 0 fully saturated rings. The molecule has 0 aliphatic heterocycles. The first-order valence-corrected chi connectivity index (χ1v) is 5.33. The molecule has 3 heteroatoms. The van der Waals surface area contributed by atoms with E-state index in [0.717, 1.165) is 12.0 Å². The van der Waals surface area contributed by atoms with Gasteiger partial charge >= 0.3 is 0 Å². The van der Waals surface area contributed by atoms with Gasteiger partial charge in [-0.1, -0.05) is 19.1 Å². The minimum Gasteiger partial charge on any atom is -0.508 e. The van der Waals surface area contributed by atoms with Gasteiger partial charge in [0.25, 0.3) is 0 Å². The number of aliphatic hydroxyl groups is 1. The highest BCUT2D eigenvalue weighted by Gasteiger charge is 2.10. The highest BCUT2D eigenvalue weighted by molar-refractivity contribution is 5.27. The van der Waals surface area contributed by atoms with Crippen LogP contribution in [0.15, 0.2) is 24.3 Å². The second-order valence-electron chi connectivity index (χ2n) is 3.77. The molecule has 0 aliphatic rings. The summed E-state index contributed by atoms with van der Waals surface area (Å²) in [5, 5.41) is 21.5. The standard InChI is InChI=1S/C12H19NO2/c1-3-11(8-14)13-9(2)10-4-6-12(15)7-5-10/h4-7,9,11,13-15H,3,8H2,1-2H3/t9?,11-/m0/s1. The minimum absolute atomic E-state index is 0.133. The van der Waals surface area contributed by atoms with Crippen molar-refractivity contribution in [1.29, 1.82) is 0 Å². The van der Waals surface area contributed by atoms with Crippen LogP contribution in [-0.2, 0) is 0 Å². The van der Waals surface area contributed by atoms with Crippen molar-refractivity contribution < 1.29 is 10.2 Å². The van der Waals surface area contributed by atoms with Crippen LogP contribution < -0.4 is 5.32 Å². The molecule has 0 radical (unpaired) electrons. The summed E-state index contributed by atoms with van der Waals surface area (Å²) in [7, 11) is 0. The van der Waals surface area contributed by atoms with Gasteiger partial charge in [0.1, 0.15) is 5.75 Å². The van der Waals surface area contributed by atoms with E-state index >= 15 is 0 Å². The number of nitrogens with one attached hydrogen (secondary N) is 1. The van der Waals surface area contributed by atoms with Gasteiger partial charge < -0.3 is 15.5 Å². The maximum atomic E-state index is 9.15. The molecule has 84 valence electrons. The summed E-state index contributed by atoms with van der Waals surface area (Å²) in [5.41, 5.74) is 1.11. The number of rotatable bonds is 5. The van der Waals surface area contributed by atoms with Crippen LogP contribution in [0.3, 0.4) is 0 Å². The van der Waals surface area contributed by atoms with Gasteiger partial charge in [-0.2, -0.15) is 0 Å². The zero-order valence-electron chi connectivity index (χ0n) is 9.27. The van der Waals surface area contributed by atoms with Gasteiger partial charge in [0.15, 0.2) is 0 Å². The lowest BCUT2D eigenvalue weighted by Crippen LogP contribution is -2.33. The largest absolute Gasteiger partial charge is 0.508 e. The van der Waals surface area contributed by atoms with Gasteiger partial charge in [0.05, 0.1) is 6.61 Å². The fraction of sp³-hybridized carbons (Fsp3) is 0.500. The van der Waals surface area contributed by atoms with E-state index < -0.39 is 0 Å².